The molecule has 2 heterocycles. The molecule has 1 amide bonds. The van der Waals surface area contributed by atoms with E-state index in [1.54, 1.807) is 6.33 Å². The van der Waals surface area contributed by atoms with Gasteiger partial charge in [-0.3, -0.25) is 4.79 Å². The van der Waals surface area contributed by atoms with Gasteiger partial charge >= 0.3 is 0 Å². The fraction of sp³-hybridized carbons (Fsp3) is 0.550. The number of hydrogen-bond acceptors (Lipinski definition) is 4. The number of hydrogen-bond donors (Lipinski definition) is 0. The van der Waals surface area contributed by atoms with Gasteiger partial charge in [0.15, 0.2) is 0 Å². The van der Waals surface area contributed by atoms with Gasteiger partial charge in [0.05, 0.1) is 5.52 Å². The van der Waals surface area contributed by atoms with Crippen LogP contribution < -0.4 is 4.90 Å². The standard InChI is InChI=1S/C20H25BrN4O/c21-16-6-7-18-17(13-16)20(23-14-22-18)25-10-8-24(9-11-25)19(26)12-15-4-2-1-3-5-15/h6-7,13-15H,1-5,8-12H2. The Morgan fingerprint density at radius 1 is 1.08 bits per heavy atom. The molecule has 0 unspecified atom stereocenters. The first-order chi connectivity index (χ1) is 12.7. The number of rotatable bonds is 3. The van der Waals surface area contributed by atoms with Gasteiger partial charge in [-0.2, -0.15) is 0 Å². The molecule has 0 spiro atoms. The van der Waals surface area contributed by atoms with Crippen molar-refractivity contribution in [3.05, 3.63) is 29.0 Å². The van der Waals surface area contributed by atoms with Gasteiger partial charge in [0.1, 0.15) is 12.1 Å². The molecule has 6 heteroatoms. The Balaban J connectivity index is 1.40. The number of anilines is 1. The van der Waals surface area contributed by atoms with Gasteiger partial charge in [-0.05, 0) is 37.0 Å². The van der Waals surface area contributed by atoms with Crippen molar-refractivity contribution in [3.63, 3.8) is 0 Å². The lowest BCUT2D eigenvalue weighted by Gasteiger charge is -2.36. The van der Waals surface area contributed by atoms with Crippen LogP contribution in [-0.2, 0) is 4.79 Å². The Morgan fingerprint density at radius 3 is 2.62 bits per heavy atom. The van der Waals surface area contributed by atoms with Crippen LogP contribution in [0.15, 0.2) is 29.0 Å². The van der Waals surface area contributed by atoms with Crippen LogP contribution in [0.25, 0.3) is 10.9 Å². The van der Waals surface area contributed by atoms with Crippen molar-refractivity contribution >= 4 is 38.6 Å². The van der Waals surface area contributed by atoms with Crippen molar-refractivity contribution in [3.8, 4) is 0 Å². The molecule has 1 aliphatic carbocycles. The van der Waals surface area contributed by atoms with Gasteiger partial charge in [-0.1, -0.05) is 35.2 Å². The van der Waals surface area contributed by atoms with E-state index in [0.717, 1.165) is 53.8 Å². The molecule has 26 heavy (non-hydrogen) atoms. The van der Waals surface area contributed by atoms with Gasteiger partial charge < -0.3 is 9.80 Å². The number of aromatic nitrogens is 2. The van der Waals surface area contributed by atoms with Gasteiger partial charge in [0.25, 0.3) is 0 Å². The molecule has 1 aromatic carbocycles. The van der Waals surface area contributed by atoms with Crippen LogP contribution in [0.3, 0.4) is 0 Å². The third-order valence-corrected chi connectivity index (χ3v) is 6.19. The van der Waals surface area contributed by atoms with E-state index in [-0.39, 0.29) is 0 Å². The van der Waals surface area contributed by atoms with Gasteiger partial charge in [-0.25, -0.2) is 9.97 Å². The van der Waals surface area contributed by atoms with Crippen molar-refractivity contribution in [1.29, 1.82) is 0 Å². The molecular weight excluding hydrogens is 392 g/mol. The summed E-state index contributed by atoms with van der Waals surface area (Å²) in [6.45, 7) is 3.22. The fourth-order valence-corrected chi connectivity index (χ4v) is 4.56. The number of halogens is 1. The Hall–Kier alpha value is -1.69. The minimum absolute atomic E-state index is 0.340. The zero-order valence-corrected chi connectivity index (χ0v) is 16.6. The van der Waals surface area contributed by atoms with E-state index in [1.165, 1.54) is 32.1 Å². The largest absolute Gasteiger partial charge is 0.352 e. The summed E-state index contributed by atoms with van der Waals surface area (Å²) in [4.78, 5) is 25.9. The molecule has 138 valence electrons. The molecule has 1 saturated carbocycles. The average molecular weight is 417 g/mol. The summed E-state index contributed by atoms with van der Waals surface area (Å²) < 4.78 is 1.03. The zero-order chi connectivity index (χ0) is 17.9. The molecule has 1 saturated heterocycles. The highest BCUT2D eigenvalue weighted by molar-refractivity contribution is 9.10. The number of amides is 1. The van der Waals surface area contributed by atoms with Crippen LogP contribution in [0.5, 0.6) is 0 Å². The van der Waals surface area contributed by atoms with Gasteiger partial charge in [0.2, 0.25) is 5.91 Å². The molecule has 0 atom stereocenters. The second-order valence-corrected chi connectivity index (χ2v) is 8.35. The van der Waals surface area contributed by atoms with E-state index >= 15 is 0 Å². The highest BCUT2D eigenvalue weighted by atomic mass is 79.9. The molecule has 4 rings (SSSR count). The molecule has 5 nitrogen and oxygen atoms in total. The number of carbonyl (C=O) groups is 1. The van der Waals surface area contributed by atoms with E-state index in [0.29, 0.717) is 11.8 Å². The number of carbonyl (C=O) groups excluding carboxylic acids is 1. The summed E-state index contributed by atoms with van der Waals surface area (Å²) in [6.07, 6.45) is 8.76. The lowest BCUT2D eigenvalue weighted by atomic mass is 9.86. The molecule has 2 aromatic rings. The van der Waals surface area contributed by atoms with Crippen LogP contribution in [0.2, 0.25) is 0 Å². The Kier molecular flexibility index (Phi) is 5.38. The molecule has 1 aliphatic heterocycles. The molecule has 0 bridgehead atoms. The highest BCUT2D eigenvalue weighted by Crippen LogP contribution is 2.29. The van der Waals surface area contributed by atoms with Crippen molar-refractivity contribution in [2.45, 2.75) is 38.5 Å². The fourth-order valence-electron chi connectivity index (χ4n) is 4.20. The normalized spacial score (nSPS) is 19.1. The summed E-state index contributed by atoms with van der Waals surface area (Å²) >= 11 is 3.54. The smallest absolute Gasteiger partial charge is 0.222 e. The van der Waals surface area contributed by atoms with E-state index in [4.69, 9.17) is 0 Å². The number of benzene rings is 1. The van der Waals surface area contributed by atoms with Crippen LogP contribution in [0.4, 0.5) is 5.82 Å². The maximum atomic E-state index is 12.6. The van der Waals surface area contributed by atoms with Crippen molar-refractivity contribution in [1.82, 2.24) is 14.9 Å². The third-order valence-electron chi connectivity index (χ3n) is 5.70. The van der Waals surface area contributed by atoms with E-state index < -0.39 is 0 Å². The topological polar surface area (TPSA) is 49.3 Å². The molecule has 2 fully saturated rings. The van der Waals surface area contributed by atoms with Gasteiger partial charge in [-0.15, -0.1) is 0 Å². The quantitative estimate of drug-likeness (QED) is 0.757. The monoisotopic (exact) mass is 416 g/mol. The minimum atomic E-state index is 0.340. The first-order valence-electron chi connectivity index (χ1n) is 9.64. The summed E-state index contributed by atoms with van der Waals surface area (Å²) in [5.41, 5.74) is 0.953. The highest BCUT2D eigenvalue weighted by Gasteiger charge is 2.25. The molecule has 0 N–H and O–H groups in total. The molecule has 0 radical (unpaired) electrons. The van der Waals surface area contributed by atoms with E-state index in [9.17, 15) is 4.79 Å². The molecule has 1 aromatic heterocycles. The maximum absolute atomic E-state index is 12.6. The van der Waals surface area contributed by atoms with Crippen molar-refractivity contribution in [2.24, 2.45) is 5.92 Å². The lowest BCUT2D eigenvalue weighted by molar-refractivity contribution is -0.132. The van der Waals surface area contributed by atoms with Gasteiger partial charge in [0, 0.05) is 42.5 Å². The first-order valence-corrected chi connectivity index (χ1v) is 10.4. The van der Waals surface area contributed by atoms with Crippen molar-refractivity contribution < 1.29 is 4.79 Å². The first kappa shape index (κ1) is 17.7. The second-order valence-electron chi connectivity index (χ2n) is 7.43. The van der Waals surface area contributed by atoms with Crippen LogP contribution >= 0.6 is 15.9 Å². The Morgan fingerprint density at radius 2 is 1.85 bits per heavy atom. The second kappa shape index (κ2) is 7.91. The zero-order valence-electron chi connectivity index (χ0n) is 15.0. The van der Waals surface area contributed by atoms with E-state index in [2.05, 4.69) is 36.9 Å². The number of fused-ring (bicyclic) bond motifs is 1. The summed E-state index contributed by atoms with van der Waals surface area (Å²) in [6, 6.07) is 6.08. The van der Waals surface area contributed by atoms with Crippen LogP contribution in [0.1, 0.15) is 38.5 Å². The number of piperazine rings is 1. The average Bonchev–Trinajstić information content (AvgIpc) is 2.68. The number of nitrogens with zero attached hydrogens (tertiary/aromatic N) is 4. The van der Waals surface area contributed by atoms with Crippen LogP contribution in [-0.4, -0.2) is 47.0 Å². The SMILES string of the molecule is O=C(CC1CCCCC1)N1CCN(c2ncnc3ccc(Br)cc23)CC1. The lowest BCUT2D eigenvalue weighted by Crippen LogP contribution is -2.49. The predicted molar refractivity (Wildman–Crippen MR) is 107 cm³/mol. The summed E-state index contributed by atoms with van der Waals surface area (Å²) in [7, 11) is 0. The maximum Gasteiger partial charge on any atom is 0.222 e. The summed E-state index contributed by atoms with van der Waals surface area (Å²) in [5.74, 6) is 1.92. The Bertz CT molecular complexity index is 782. The summed E-state index contributed by atoms with van der Waals surface area (Å²) in [5, 5.41) is 1.06. The predicted octanol–water partition coefficient (Wildman–Crippen LogP) is 4.01. The van der Waals surface area contributed by atoms with E-state index in [1.807, 2.05) is 17.0 Å². The molecule has 2 aliphatic rings. The molecular formula is C20H25BrN4O. The van der Waals surface area contributed by atoms with Crippen molar-refractivity contribution in [2.75, 3.05) is 31.1 Å². The van der Waals surface area contributed by atoms with Crippen LogP contribution in [0, 0.1) is 5.92 Å². The Labute approximate surface area is 162 Å². The third kappa shape index (κ3) is 3.85. The minimum Gasteiger partial charge on any atom is -0.352 e.